The number of rotatable bonds is 5. The van der Waals surface area contributed by atoms with Gasteiger partial charge in [0.1, 0.15) is 18.3 Å². The Morgan fingerprint density at radius 1 is 1.00 bits per heavy atom. The highest BCUT2D eigenvalue weighted by Crippen LogP contribution is 2.28. The summed E-state index contributed by atoms with van der Waals surface area (Å²) in [7, 11) is -6.11. The van der Waals surface area contributed by atoms with E-state index < -0.39 is 45.7 Å². The summed E-state index contributed by atoms with van der Waals surface area (Å²) >= 11 is 0. The Hall–Kier alpha value is -0.460. The van der Waals surface area contributed by atoms with E-state index >= 15 is 0 Å². The normalized spacial score (nSPS) is 20.7. The zero-order valence-corrected chi connectivity index (χ0v) is 8.93. The highest BCUT2D eigenvalue weighted by molar-refractivity contribution is 7.92. The lowest BCUT2D eigenvalue weighted by Crippen LogP contribution is -2.51. The van der Waals surface area contributed by atoms with Crippen LogP contribution in [-0.2, 0) is 9.84 Å². The second-order valence-corrected chi connectivity index (χ2v) is 5.15. The molecule has 5 N–H and O–H groups in total. The topological polar surface area (TPSA) is 135 Å². The van der Waals surface area contributed by atoms with Crippen LogP contribution in [0.15, 0.2) is 0 Å². The third-order valence-corrected chi connectivity index (χ3v) is 3.42. The lowest BCUT2D eigenvalue weighted by Gasteiger charge is -2.25. The largest absolute Gasteiger partial charge is 0.500 e. The SMILES string of the molecule is O=S(=O)(C(O)C(O)C(O)C(O)CO)C(F)(F)F. The van der Waals surface area contributed by atoms with Crippen LogP contribution in [0.25, 0.3) is 0 Å². The van der Waals surface area contributed by atoms with E-state index in [1.54, 1.807) is 0 Å². The molecule has 7 nitrogen and oxygen atoms in total. The van der Waals surface area contributed by atoms with E-state index in [0.29, 0.717) is 0 Å². The molecule has 0 aromatic rings. The van der Waals surface area contributed by atoms with Crippen molar-refractivity contribution in [1.29, 1.82) is 0 Å². The van der Waals surface area contributed by atoms with E-state index in [4.69, 9.17) is 25.5 Å². The number of hydrogen-bond acceptors (Lipinski definition) is 7. The highest BCUT2D eigenvalue weighted by atomic mass is 32.2. The number of hydrogen-bond donors (Lipinski definition) is 5. The Morgan fingerprint density at radius 2 is 1.41 bits per heavy atom. The van der Waals surface area contributed by atoms with Gasteiger partial charge in [-0.3, -0.25) is 0 Å². The molecule has 0 bridgehead atoms. The van der Waals surface area contributed by atoms with Gasteiger partial charge in [-0.15, -0.1) is 0 Å². The van der Waals surface area contributed by atoms with Gasteiger partial charge < -0.3 is 25.5 Å². The van der Waals surface area contributed by atoms with Crippen LogP contribution in [0.3, 0.4) is 0 Å². The average molecular weight is 284 g/mol. The Kier molecular flexibility index (Phi) is 5.31. The van der Waals surface area contributed by atoms with Crippen LogP contribution in [0.4, 0.5) is 13.2 Å². The van der Waals surface area contributed by atoms with Gasteiger partial charge in [0.15, 0.2) is 5.44 Å². The molecule has 0 amide bonds. The molecular formula is C6H11F3O7S. The van der Waals surface area contributed by atoms with Crippen molar-refractivity contribution in [1.82, 2.24) is 0 Å². The van der Waals surface area contributed by atoms with Gasteiger partial charge in [-0.05, 0) is 0 Å². The zero-order chi connectivity index (χ0) is 14.0. The molecule has 4 atom stereocenters. The number of alkyl halides is 3. The fourth-order valence-corrected chi connectivity index (χ4v) is 1.63. The maximum absolute atomic E-state index is 11.9. The second-order valence-electron chi connectivity index (χ2n) is 3.11. The van der Waals surface area contributed by atoms with E-state index in [9.17, 15) is 21.6 Å². The van der Waals surface area contributed by atoms with Crippen LogP contribution >= 0.6 is 0 Å². The number of sulfone groups is 1. The third kappa shape index (κ3) is 3.50. The van der Waals surface area contributed by atoms with Crippen LogP contribution < -0.4 is 0 Å². The third-order valence-electron chi connectivity index (χ3n) is 1.86. The van der Waals surface area contributed by atoms with Gasteiger partial charge in [-0.1, -0.05) is 0 Å². The minimum absolute atomic E-state index is 1.14. The van der Waals surface area contributed by atoms with Crippen LogP contribution in [-0.4, -0.2) is 69.8 Å². The van der Waals surface area contributed by atoms with Crippen LogP contribution in [0.1, 0.15) is 0 Å². The molecule has 0 fully saturated rings. The molecule has 11 heteroatoms. The predicted octanol–water partition coefficient (Wildman–Crippen LogP) is -2.69. The standard InChI is InChI=1S/C6H11F3O7S/c7-6(8,9)17(15,16)5(14)4(13)3(12)2(11)1-10/h2-5,10-14H,1H2. The van der Waals surface area contributed by atoms with Crippen molar-refractivity contribution in [3.63, 3.8) is 0 Å². The lowest BCUT2D eigenvalue weighted by molar-refractivity contribution is -0.104. The molecule has 0 heterocycles. The van der Waals surface area contributed by atoms with Gasteiger partial charge in [0, 0.05) is 0 Å². The molecule has 0 aliphatic heterocycles. The fourth-order valence-electron chi connectivity index (χ4n) is 0.825. The van der Waals surface area contributed by atoms with Crippen molar-refractivity contribution < 1.29 is 47.1 Å². The van der Waals surface area contributed by atoms with E-state index in [2.05, 4.69) is 0 Å². The molecule has 0 saturated heterocycles. The first-order valence-electron chi connectivity index (χ1n) is 4.10. The van der Waals surface area contributed by atoms with Gasteiger partial charge in [-0.2, -0.15) is 13.2 Å². The van der Waals surface area contributed by atoms with Crippen LogP contribution in [0.5, 0.6) is 0 Å². The summed E-state index contributed by atoms with van der Waals surface area (Å²) in [6.07, 6.45) is -7.36. The zero-order valence-electron chi connectivity index (χ0n) is 8.11. The summed E-state index contributed by atoms with van der Waals surface area (Å²) in [5.41, 5.74) is -9.18. The summed E-state index contributed by atoms with van der Waals surface area (Å²) in [6, 6.07) is 0. The second kappa shape index (κ2) is 5.46. The number of halogens is 3. The average Bonchev–Trinajstić information content (AvgIpc) is 2.23. The molecule has 0 aliphatic rings. The van der Waals surface area contributed by atoms with Crippen molar-refractivity contribution in [2.45, 2.75) is 29.3 Å². The van der Waals surface area contributed by atoms with Crippen LogP contribution in [0.2, 0.25) is 0 Å². The molecule has 4 unspecified atom stereocenters. The highest BCUT2D eigenvalue weighted by Gasteiger charge is 2.54. The van der Waals surface area contributed by atoms with Crippen molar-refractivity contribution in [2.24, 2.45) is 0 Å². The minimum atomic E-state index is -6.11. The van der Waals surface area contributed by atoms with Crippen LogP contribution in [0, 0.1) is 0 Å². The molecule has 17 heavy (non-hydrogen) atoms. The first kappa shape index (κ1) is 16.5. The van der Waals surface area contributed by atoms with E-state index in [0.717, 1.165) is 0 Å². The molecule has 0 spiro atoms. The molecule has 104 valence electrons. The molecule has 0 rings (SSSR count). The maximum Gasteiger partial charge on any atom is 0.500 e. The monoisotopic (exact) mass is 284 g/mol. The van der Waals surface area contributed by atoms with Gasteiger partial charge >= 0.3 is 5.51 Å². The van der Waals surface area contributed by atoms with E-state index in [1.165, 1.54) is 0 Å². The summed E-state index contributed by atoms with van der Waals surface area (Å²) in [5.74, 6) is 0. The quantitative estimate of drug-likeness (QED) is 0.371. The molecular weight excluding hydrogens is 273 g/mol. The van der Waals surface area contributed by atoms with E-state index in [-0.39, 0.29) is 0 Å². The predicted molar refractivity (Wildman–Crippen MR) is 46.1 cm³/mol. The summed E-state index contributed by atoms with van der Waals surface area (Å²) < 4.78 is 57.1. The number of aliphatic hydroxyl groups excluding tert-OH is 5. The molecule has 0 aliphatic carbocycles. The molecule has 0 aromatic carbocycles. The van der Waals surface area contributed by atoms with Gasteiger partial charge in [0.25, 0.3) is 9.84 Å². The molecule has 0 aromatic heterocycles. The molecule has 0 radical (unpaired) electrons. The summed E-state index contributed by atoms with van der Waals surface area (Å²) in [6.45, 7) is -1.14. The summed E-state index contributed by atoms with van der Waals surface area (Å²) in [5, 5.41) is 43.7. The van der Waals surface area contributed by atoms with Crippen molar-refractivity contribution in [3.05, 3.63) is 0 Å². The smallest absolute Gasteiger partial charge is 0.394 e. The fraction of sp³-hybridized carbons (Fsp3) is 1.00. The molecule has 0 saturated carbocycles. The van der Waals surface area contributed by atoms with Gasteiger partial charge in [0.2, 0.25) is 0 Å². The van der Waals surface area contributed by atoms with Gasteiger partial charge in [0.05, 0.1) is 6.61 Å². The van der Waals surface area contributed by atoms with E-state index in [1.807, 2.05) is 0 Å². The lowest BCUT2D eigenvalue weighted by atomic mass is 10.1. The van der Waals surface area contributed by atoms with Gasteiger partial charge in [-0.25, -0.2) is 8.42 Å². The maximum atomic E-state index is 11.9. The Bertz CT molecular complexity index is 340. The Morgan fingerprint density at radius 3 is 1.71 bits per heavy atom. The van der Waals surface area contributed by atoms with Crippen molar-refractivity contribution in [2.75, 3.05) is 6.61 Å². The minimum Gasteiger partial charge on any atom is -0.394 e. The van der Waals surface area contributed by atoms with Crippen molar-refractivity contribution >= 4 is 9.84 Å². The van der Waals surface area contributed by atoms with Crippen molar-refractivity contribution in [3.8, 4) is 0 Å². The first-order valence-corrected chi connectivity index (χ1v) is 5.64. The Labute approximate surface area is 93.7 Å². The Balaban J connectivity index is 5.02. The first-order chi connectivity index (χ1) is 7.46. The number of aliphatic hydroxyl groups is 5. The summed E-state index contributed by atoms with van der Waals surface area (Å²) in [4.78, 5) is 0.